The zero-order valence-electron chi connectivity index (χ0n) is 10.9. The lowest BCUT2D eigenvalue weighted by Crippen LogP contribution is -2.26. The van der Waals surface area contributed by atoms with Gasteiger partial charge in [0.2, 0.25) is 10.0 Å². The van der Waals surface area contributed by atoms with Crippen LogP contribution in [-0.2, 0) is 10.0 Å². The van der Waals surface area contributed by atoms with E-state index in [2.05, 4.69) is 20.7 Å². The molecule has 3 N–H and O–H groups in total. The van der Waals surface area contributed by atoms with Crippen LogP contribution in [0.4, 0.5) is 5.69 Å². The first-order valence-corrected chi connectivity index (χ1v) is 8.29. The summed E-state index contributed by atoms with van der Waals surface area (Å²) in [5.41, 5.74) is 6.98. The minimum atomic E-state index is -3.55. The summed E-state index contributed by atoms with van der Waals surface area (Å²) in [6, 6.07) is 13.3. The highest BCUT2D eigenvalue weighted by molar-refractivity contribution is 9.10. The third kappa shape index (κ3) is 3.59. The minimum absolute atomic E-state index is 0.204. The van der Waals surface area contributed by atoms with Gasteiger partial charge in [0.1, 0.15) is 0 Å². The van der Waals surface area contributed by atoms with Gasteiger partial charge in [-0.05, 0) is 48.9 Å². The van der Waals surface area contributed by atoms with Crippen molar-refractivity contribution in [3.63, 3.8) is 0 Å². The molecule has 2 aromatic carbocycles. The van der Waals surface area contributed by atoms with E-state index in [0.29, 0.717) is 5.69 Å². The van der Waals surface area contributed by atoms with Crippen LogP contribution >= 0.6 is 15.9 Å². The Kier molecular flexibility index (Phi) is 4.47. The van der Waals surface area contributed by atoms with E-state index in [1.54, 1.807) is 19.1 Å². The molecule has 0 saturated heterocycles. The van der Waals surface area contributed by atoms with Gasteiger partial charge in [-0.3, -0.25) is 0 Å². The van der Waals surface area contributed by atoms with E-state index >= 15 is 0 Å². The Labute approximate surface area is 127 Å². The fraction of sp³-hybridized carbons (Fsp3) is 0.143. The van der Waals surface area contributed by atoms with Crippen molar-refractivity contribution in [3.8, 4) is 0 Å². The Morgan fingerprint density at radius 2 is 1.60 bits per heavy atom. The molecule has 20 heavy (non-hydrogen) atoms. The van der Waals surface area contributed by atoms with Gasteiger partial charge in [-0.15, -0.1) is 0 Å². The molecule has 0 spiro atoms. The molecule has 2 rings (SSSR count). The summed E-state index contributed by atoms with van der Waals surface area (Å²) >= 11 is 3.35. The highest BCUT2D eigenvalue weighted by Gasteiger charge is 2.18. The van der Waals surface area contributed by atoms with Crippen LogP contribution in [0.5, 0.6) is 0 Å². The zero-order valence-corrected chi connectivity index (χ0v) is 13.3. The van der Waals surface area contributed by atoms with E-state index in [4.69, 9.17) is 5.73 Å². The standard InChI is InChI=1S/C14H15BrN2O2S/c1-10(11-2-4-12(15)5-3-11)17-20(18,19)14-8-6-13(16)7-9-14/h2-10,17H,16H2,1H3/t10-/m1/s1. The second kappa shape index (κ2) is 5.95. The smallest absolute Gasteiger partial charge is 0.241 e. The van der Waals surface area contributed by atoms with Crippen LogP contribution in [0.25, 0.3) is 0 Å². The van der Waals surface area contributed by atoms with Crippen LogP contribution in [0.3, 0.4) is 0 Å². The number of anilines is 1. The van der Waals surface area contributed by atoms with Crippen LogP contribution in [0.1, 0.15) is 18.5 Å². The number of hydrogen-bond donors (Lipinski definition) is 2. The van der Waals surface area contributed by atoms with E-state index in [1.807, 2.05) is 24.3 Å². The molecule has 4 nitrogen and oxygen atoms in total. The fourth-order valence-corrected chi connectivity index (χ4v) is 3.26. The number of halogens is 1. The van der Waals surface area contributed by atoms with Gasteiger partial charge in [-0.1, -0.05) is 28.1 Å². The van der Waals surface area contributed by atoms with Crippen LogP contribution in [0.2, 0.25) is 0 Å². The molecule has 6 heteroatoms. The number of hydrogen-bond acceptors (Lipinski definition) is 3. The van der Waals surface area contributed by atoms with Crippen molar-refractivity contribution < 1.29 is 8.42 Å². The lowest BCUT2D eigenvalue weighted by atomic mass is 10.1. The van der Waals surface area contributed by atoms with E-state index in [1.165, 1.54) is 12.1 Å². The van der Waals surface area contributed by atoms with E-state index in [-0.39, 0.29) is 10.9 Å². The van der Waals surface area contributed by atoms with Crippen molar-refractivity contribution in [1.29, 1.82) is 0 Å². The third-order valence-electron chi connectivity index (χ3n) is 2.89. The maximum absolute atomic E-state index is 12.2. The Morgan fingerprint density at radius 3 is 2.15 bits per heavy atom. The van der Waals surface area contributed by atoms with Crippen molar-refractivity contribution in [1.82, 2.24) is 4.72 Å². The average molecular weight is 355 g/mol. The second-order valence-electron chi connectivity index (χ2n) is 4.46. The summed E-state index contributed by atoms with van der Waals surface area (Å²) < 4.78 is 28.1. The molecule has 0 fully saturated rings. The first kappa shape index (κ1) is 15.0. The molecule has 0 aliphatic rings. The molecule has 0 saturated carbocycles. The molecule has 2 aromatic rings. The lowest BCUT2D eigenvalue weighted by molar-refractivity contribution is 0.567. The molecule has 106 valence electrons. The molecule has 0 amide bonds. The Balaban J connectivity index is 2.19. The number of sulfonamides is 1. The quantitative estimate of drug-likeness (QED) is 0.828. The summed E-state index contributed by atoms with van der Waals surface area (Å²) in [7, 11) is -3.55. The molecular formula is C14H15BrN2O2S. The van der Waals surface area contributed by atoms with E-state index in [0.717, 1.165) is 10.0 Å². The van der Waals surface area contributed by atoms with Crippen LogP contribution in [0.15, 0.2) is 57.9 Å². The number of nitrogens with one attached hydrogen (secondary N) is 1. The van der Waals surface area contributed by atoms with E-state index in [9.17, 15) is 8.42 Å². The van der Waals surface area contributed by atoms with Crippen molar-refractivity contribution in [2.24, 2.45) is 0 Å². The van der Waals surface area contributed by atoms with Gasteiger partial charge in [0, 0.05) is 16.2 Å². The first-order valence-electron chi connectivity index (χ1n) is 6.02. The SMILES string of the molecule is C[C@@H](NS(=O)(=O)c1ccc(N)cc1)c1ccc(Br)cc1. The molecule has 0 bridgehead atoms. The monoisotopic (exact) mass is 354 g/mol. The Hall–Kier alpha value is -1.37. The molecular weight excluding hydrogens is 340 g/mol. The van der Waals surface area contributed by atoms with Gasteiger partial charge in [0.25, 0.3) is 0 Å². The molecule has 0 aliphatic heterocycles. The van der Waals surface area contributed by atoms with Crippen molar-refractivity contribution in [2.45, 2.75) is 17.9 Å². The topological polar surface area (TPSA) is 72.2 Å². The number of nitrogen functional groups attached to an aromatic ring is 1. The molecule has 0 radical (unpaired) electrons. The van der Waals surface area contributed by atoms with Gasteiger partial charge in [-0.2, -0.15) is 0 Å². The van der Waals surface area contributed by atoms with Gasteiger partial charge in [-0.25, -0.2) is 13.1 Å². The number of rotatable bonds is 4. The van der Waals surface area contributed by atoms with Gasteiger partial charge in [0.15, 0.2) is 0 Å². The lowest BCUT2D eigenvalue weighted by Gasteiger charge is -2.15. The summed E-state index contributed by atoms with van der Waals surface area (Å²) in [5, 5.41) is 0. The maximum atomic E-state index is 12.2. The Morgan fingerprint density at radius 1 is 1.05 bits per heavy atom. The largest absolute Gasteiger partial charge is 0.399 e. The first-order chi connectivity index (χ1) is 9.38. The van der Waals surface area contributed by atoms with Crippen LogP contribution in [-0.4, -0.2) is 8.42 Å². The predicted molar refractivity (Wildman–Crippen MR) is 83.7 cm³/mol. The number of benzene rings is 2. The highest BCUT2D eigenvalue weighted by Crippen LogP contribution is 2.19. The summed E-state index contributed by atoms with van der Waals surface area (Å²) in [6.45, 7) is 1.80. The normalized spacial score (nSPS) is 13.1. The van der Waals surface area contributed by atoms with Crippen molar-refractivity contribution in [2.75, 3.05) is 5.73 Å². The maximum Gasteiger partial charge on any atom is 0.241 e. The van der Waals surface area contributed by atoms with E-state index < -0.39 is 10.0 Å². The summed E-state index contributed by atoms with van der Waals surface area (Å²) in [5.74, 6) is 0. The summed E-state index contributed by atoms with van der Waals surface area (Å²) in [4.78, 5) is 0.204. The number of nitrogens with two attached hydrogens (primary N) is 1. The summed E-state index contributed by atoms with van der Waals surface area (Å²) in [6.07, 6.45) is 0. The van der Waals surface area contributed by atoms with Crippen molar-refractivity contribution in [3.05, 3.63) is 58.6 Å². The Bertz CT molecular complexity index is 682. The third-order valence-corrected chi connectivity index (χ3v) is 4.98. The van der Waals surface area contributed by atoms with Crippen molar-refractivity contribution >= 4 is 31.6 Å². The molecule has 0 heterocycles. The fourth-order valence-electron chi connectivity index (χ4n) is 1.77. The van der Waals surface area contributed by atoms with Gasteiger partial charge < -0.3 is 5.73 Å². The molecule has 0 aromatic heterocycles. The van der Waals surface area contributed by atoms with Gasteiger partial charge in [0.05, 0.1) is 4.90 Å². The molecule has 1 atom stereocenters. The van der Waals surface area contributed by atoms with Gasteiger partial charge >= 0.3 is 0 Å². The van der Waals surface area contributed by atoms with Crippen LogP contribution in [0, 0.1) is 0 Å². The minimum Gasteiger partial charge on any atom is -0.399 e. The average Bonchev–Trinajstić information content (AvgIpc) is 2.39. The highest BCUT2D eigenvalue weighted by atomic mass is 79.9. The molecule has 0 unspecified atom stereocenters. The predicted octanol–water partition coefficient (Wildman–Crippen LogP) is 3.07. The molecule has 0 aliphatic carbocycles. The second-order valence-corrected chi connectivity index (χ2v) is 7.09. The zero-order chi connectivity index (χ0) is 14.8. The van der Waals surface area contributed by atoms with Crippen LogP contribution < -0.4 is 10.5 Å².